The molecule has 2 atom stereocenters. The number of halogens is 1. The summed E-state index contributed by atoms with van der Waals surface area (Å²) in [7, 11) is 0. The third-order valence-electron chi connectivity index (χ3n) is 5.59. The molecule has 7 nitrogen and oxygen atoms in total. The lowest BCUT2D eigenvalue weighted by Crippen LogP contribution is -2.36. The number of nitrogens with zero attached hydrogens (tertiary/aromatic N) is 3. The molecule has 1 amide bonds. The third-order valence-corrected chi connectivity index (χ3v) is 5.85. The van der Waals surface area contributed by atoms with Gasteiger partial charge >= 0.3 is 0 Å². The molecule has 8 heteroatoms. The highest BCUT2D eigenvalue weighted by Crippen LogP contribution is 2.27. The fraction of sp³-hybridized carbons (Fsp3) is 0.333. The standard InChI is InChI=1S/C24H25ClN4O3/c25-18-8-6-16(7-9-18)23-19(24(31)28-14-17-4-1-2-5-20(17)30)10-11-22(29-23)32-15-21-26-12-3-13-27-21/h3,6-13,17,20,30H,1-2,4-5,14-15H2,(H,28,31). The summed E-state index contributed by atoms with van der Waals surface area (Å²) < 4.78 is 5.75. The Morgan fingerprint density at radius 1 is 1.09 bits per heavy atom. The summed E-state index contributed by atoms with van der Waals surface area (Å²) in [6.07, 6.45) is 6.74. The van der Waals surface area contributed by atoms with Crippen LogP contribution in [-0.2, 0) is 6.61 Å². The molecule has 0 aliphatic heterocycles. The van der Waals surface area contributed by atoms with Gasteiger partial charge in [-0.15, -0.1) is 0 Å². The van der Waals surface area contributed by atoms with Crippen molar-refractivity contribution in [1.29, 1.82) is 0 Å². The number of nitrogens with one attached hydrogen (secondary N) is 1. The molecule has 0 bridgehead atoms. The van der Waals surface area contributed by atoms with E-state index in [2.05, 4.69) is 20.3 Å². The number of carbonyl (C=O) groups excluding carboxylic acids is 1. The molecule has 1 aromatic carbocycles. The van der Waals surface area contributed by atoms with Gasteiger partial charge in [-0.1, -0.05) is 36.6 Å². The van der Waals surface area contributed by atoms with E-state index in [-0.39, 0.29) is 24.5 Å². The first-order chi connectivity index (χ1) is 15.6. The lowest BCUT2D eigenvalue weighted by molar-refractivity contribution is 0.0663. The van der Waals surface area contributed by atoms with Crippen LogP contribution in [0.1, 0.15) is 41.9 Å². The Hall–Kier alpha value is -3.03. The van der Waals surface area contributed by atoms with Gasteiger partial charge in [0.1, 0.15) is 6.61 Å². The Morgan fingerprint density at radius 3 is 2.59 bits per heavy atom. The van der Waals surface area contributed by atoms with Crippen LogP contribution in [-0.4, -0.2) is 38.6 Å². The second-order valence-electron chi connectivity index (χ2n) is 7.83. The van der Waals surface area contributed by atoms with Gasteiger partial charge < -0.3 is 15.2 Å². The van der Waals surface area contributed by atoms with Crippen LogP contribution in [0.5, 0.6) is 5.88 Å². The zero-order chi connectivity index (χ0) is 22.3. The van der Waals surface area contributed by atoms with Crippen LogP contribution < -0.4 is 10.1 Å². The number of hydrogen-bond donors (Lipinski definition) is 2. The first-order valence-corrected chi connectivity index (χ1v) is 11.1. The van der Waals surface area contributed by atoms with Gasteiger partial charge in [-0.25, -0.2) is 15.0 Å². The zero-order valence-electron chi connectivity index (χ0n) is 17.6. The lowest BCUT2D eigenvalue weighted by atomic mass is 9.86. The summed E-state index contributed by atoms with van der Waals surface area (Å²) in [6, 6.07) is 12.2. The van der Waals surface area contributed by atoms with E-state index in [9.17, 15) is 9.90 Å². The molecule has 32 heavy (non-hydrogen) atoms. The summed E-state index contributed by atoms with van der Waals surface area (Å²) in [5.41, 5.74) is 1.68. The van der Waals surface area contributed by atoms with Gasteiger partial charge in [0.2, 0.25) is 5.88 Å². The van der Waals surface area contributed by atoms with Crippen molar-refractivity contribution in [2.75, 3.05) is 6.54 Å². The average Bonchev–Trinajstić information content (AvgIpc) is 2.83. The maximum Gasteiger partial charge on any atom is 0.253 e. The fourth-order valence-electron chi connectivity index (χ4n) is 3.82. The molecular weight excluding hydrogens is 428 g/mol. The van der Waals surface area contributed by atoms with Crippen LogP contribution in [0.2, 0.25) is 5.02 Å². The summed E-state index contributed by atoms with van der Waals surface area (Å²) in [6.45, 7) is 0.600. The normalized spacial score (nSPS) is 18.2. The molecule has 1 aliphatic rings. The van der Waals surface area contributed by atoms with Crippen LogP contribution in [0.4, 0.5) is 0 Å². The van der Waals surface area contributed by atoms with Gasteiger partial charge in [0, 0.05) is 41.5 Å². The van der Waals surface area contributed by atoms with Gasteiger partial charge in [0.15, 0.2) is 5.82 Å². The molecule has 0 radical (unpaired) electrons. The molecule has 1 fully saturated rings. The fourth-order valence-corrected chi connectivity index (χ4v) is 3.95. The average molecular weight is 453 g/mol. The summed E-state index contributed by atoms with van der Waals surface area (Å²) in [5.74, 6) is 0.739. The van der Waals surface area contributed by atoms with E-state index < -0.39 is 0 Å². The van der Waals surface area contributed by atoms with Gasteiger partial charge in [-0.05, 0) is 37.1 Å². The number of carbonyl (C=O) groups is 1. The quantitative estimate of drug-likeness (QED) is 0.561. The van der Waals surface area contributed by atoms with Crippen molar-refractivity contribution in [3.63, 3.8) is 0 Å². The minimum Gasteiger partial charge on any atom is -0.469 e. The van der Waals surface area contributed by atoms with Crippen LogP contribution >= 0.6 is 11.6 Å². The second-order valence-corrected chi connectivity index (χ2v) is 8.26. The highest BCUT2D eigenvalue weighted by atomic mass is 35.5. The topological polar surface area (TPSA) is 97.2 Å². The number of ether oxygens (including phenoxy) is 1. The number of aliphatic hydroxyl groups is 1. The lowest BCUT2D eigenvalue weighted by Gasteiger charge is -2.27. The van der Waals surface area contributed by atoms with Crippen LogP contribution in [0.3, 0.4) is 0 Å². The van der Waals surface area contributed by atoms with Crippen molar-refractivity contribution in [2.45, 2.75) is 38.4 Å². The predicted molar refractivity (Wildman–Crippen MR) is 121 cm³/mol. The molecule has 166 valence electrons. The van der Waals surface area contributed by atoms with E-state index in [0.29, 0.717) is 34.5 Å². The molecule has 3 aromatic rings. The number of aliphatic hydroxyl groups excluding tert-OH is 1. The number of rotatable bonds is 7. The van der Waals surface area contributed by atoms with Gasteiger partial charge in [-0.3, -0.25) is 4.79 Å². The van der Waals surface area contributed by atoms with Crippen molar-refractivity contribution < 1.29 is 14.6 Å². The minimum atomic E-state index is -0.367. The number of hydrogen-bond acceptors (Lipinski definition) is 6. The minimum absolute atomic E-state index is 0.0770. The van der Waals surface area contributed by atoms with E-state index in [4.69, 9.17) is 16.3 Å². The van der Waals surface area contributed by atoms with Crippen molar-refractivity contribution in [1.82, 2.24) is 20.3 Å². The van der Waals surface area contributed by atoms with E-state index in [1.807, 2.05) is 12.1 Å². The van der Waals surface area contributed by atoms with Gasteiger partial charge in [-0.2, -0.15) is 0 Å². The molecule has 1 aliphatic carbocycles. The van der Waals surface area contributed by atoms with Crippen LogP contribution in [0, 0.1) is 5.92 Å². The number of benzene rings is 1. The van der Waals surface area contributed by atoms with Crippen LogP contribution in [0.15, 0.2) is 54.9 Å². The van der Waals surface area contributed by atoms with Gasteiger partial charge in [0.05, 0.1) is 17.4 Å². The van der Waals surface area contributed by atoms with Crippen molar-refractivity contribution in [3.8, 4) is 17.1 Å². The molecule has 1 saturated carbocycles. The van der Waals surface area contributed by atoms with Crippen molar-refractivity contribution >= 4 is 17.5 Å². The summed E-state index contributed by atoms with van der Waals surface area (Å²) >= 11 is 6.04. The monoisotopic (exact) mass is 452 g/mol. The molecule has 2 N–H and O–H groups in total. The smallest absolute Gasteiger partial charge is 0.253 e. The Morgan fingerprint density at radius 2 is 1.84 bits per heavy atom. The molecule has 0 spiro atoms. The Bertz CT molecular complexity index is 1050. The first kappa shape index (κ1) is 22.2. The zero-order valence-corrected chi connectivity index (χ0v) is 18.3. The Labute approximate surface area is 191 Å². The third kappa shape index (κ3) is 5.60. The molecule has 2 unspecified atom stereocenters. The van der Waals surface area contributed by atoms with Crippen LogP contribution in [0.25, 0.3) is 11.3 Å². The molecular formula is C24H25ClN4O3. The van der Waals surface area contributed by atoms with E-state index >= 15 is 0 Å². The number of aromatic nitrogens is 3. The second kappa shape index (κ2) is 10.5. The molecule has 2 heterocycles. The van der Waals surface area contributed by atoms with E-state index in [0.717, 1.165) is 31.2 Å². The van der Waals surface area contributed by atoms with E-state index in [1.54, 1.807) is 42.7 Å². The SMILES string of the molecule is O=C(NCC1CCCCC1O)c1ccc(OCc2ncccn2)nc1-c1ccc(Cl)cc1. The Balaban J connectivity index is 1.54. The number of amides is 1. The maximum absolute atomic E-state index is 13.0. The molecule has 2 aromatic heterocycles. The Kier molecular flexibility index (Phi) is 7.29. The predicted octanol–water partition coefficient (Wildman–Crippen LogP) is 4.05. The summed E-state index contributed by atoms with van der Waals surface area (Å²) in [4.78, 5) is 25.9. The highest BCUT2D eigenvalue weighted by Gasteiger charge is 2.24. The number of pyridine rings is 1. The first-order valence-electron chi connectivity index (χ1n) is 10.7. The van der Waals surface area contributed by atoms with Crippen molar-refractivity contribution in [3.05, 3.63) is 71.3 Å². The highest BCUT2D eigenvalue weighted by molar-refractivity contribution is 6.30. The molecule has 4 rings (SSSR count). The maximum atomic E-state index is 13.0. The van der Waals surface area contributed by atoms with E-state index in [1.165, 1.54) is 0 Å². The molecule has 0 saturated heterocycles. The summed E-state index contributed by atoms with van der Waals surface area (Å²) in [5, 5.41) is 13.8. The van der Waals surface area contributed by atoms with Crippen molar-refractivity contribution in [2.24, 2.45) is 5.92 Å². The van der Waals surface area contributed by atoms with Gasteiger partial charge in [0.25, 0.3) is 5.91 Å². The largest absolute Gasteiger partial charge is 0.469 e.